The van der Waals surface area contributed by atoms with E-state index in [0.717, 1.165) is 4.88 Å². The van der Waals surface area contributed by atoms with Gasteiger partial charge in [-0.1, -0.05) is 6.07 Å². The average Bonchev–Trinajstić information content (AvgIpc) is 2.99. The third kappa shape index (κ3) is 3.57. The van der Waals surface area contributed by atoms with E-state index in [1.165, 1.54) is 24.3 Å². The highest BCUT2D eigenvalue weighted by Crippen LogP contribution is 2.23. The summed E-state index contributed by atoms with van der Waals surface area (Å²) in [5.41, 5.74) is 0. The van der Waals surface area contributed by atoms with Gasteiger partial charge < -0.3 is 9.64 Å². The van der Waals surface area contributed by atoms with Gasteiger partial charge in [0.1, 0.15) is 11.6 Å². The zero-order valence-electron chi connectivity index (χ0n) is 11.4. The van der Waals surface area contributed by atoms with E-state index in [4.69, 9.17) is 4.74 Å². The Labute approximate surface area is 121 Å². The zero-order valence-corrected chi connectivity index (χ0v) is 12.2. The fourth-order valence-electron chi connectivity index (χ4n) is 1.71. The smallest absolute Gasteiger partial charge is 0.260 e. The van der Waals surface area contributed by atoms with Crippen molar-refractivity contribution in [3.63, 3.8) is 0 Å². The highest BCUT2D eigenvalue weighted by molar-refractivity contribution is 7.10. The largest absolute Gasteiger partial charge is 0.484 e. The topological polar surface area (TPSA) is 29.5 Å². The number of halogens is 1. The normalized spacial score (nSPS) is 11.9. The lowest BCUT2D eigenvalue weighted by molar-refractivity contribution is -0.133. The molecule has 0 saturated heterocycles. The monoisotopic (exact) mass is 293 g/mol. The van der Waals surface area contributed by atoms with E-state index in [2.05, 4.69) is 0 Å². The van der Waals surface area contributed by atoms with Gasteiger partial charge in [0.2, 0.25) is 0 Å². The second-order valence-electron chi connectivity index (χ2n) is 4.44. The van der Waals surface area contributed by atoms with Crippen molar-refractivity contribution in [2.45, 2.75) is 13.0 Å². The lowest BCUT2D eigenvalue weighted by atomic mass is 10.2. The first-order valence-electron chi connectivity index (χ1n) is 6.25. The zero-order chi connectivity index (χ0) is 14.5. The van der Waals surface area contributed by atoms with Crippen molar-refractivity contribution in [1.82, 2.24) is 4.90 Å². The lowest BCUT2D eigenvalue weighted by Gasteiger charge is -2.24. The molecule has 1 atom stereocenters. The van der Waals surface area contributed by atoms with Gasteiger partial charge in [0.15, 0.2) is 6.61 Å². The molecule has 2 rings (SSSR count). The van der Waals surface area contributed by atoms with Crippen LogP contribution in [0.25, 0.3) is 0 Å². The van der Waals surface area contributed by atoms with Gasteiger partial charge in [-0.25, -0.2) is 4.39 Å². The summed E-state index contributed by atoms with van der Waals surface area (Å²) in [5, 5.41) is 1.99. The third-order valence-corrected chi connectivity index (χ3v) is 4.15. The van der Waals surface area contributed by atoms with E-state index in [1.54, 1.807) is 23.3 Å². The summed E-state index contributed by atoms with van der Waals surface area (Å²) in [6.07, 6.45) is 0. The number of thiophene rings is 1. The molecule has 3 nitrogen and oxygen atoms in total. The first-order valence-corrected chi connectivity index (χ1v) is 7.13. The Morgan fingerprint density at radius 1 is 1.35 bits per heavy atom. The maximum atomic E-state index is 12.7. The van der Waals surface area contributed by atoms with Gasteiger partial charge in [0.05, 0.1) is 6.04 Å². The molecule has 1 amide bonds. The van der Waals surface area contributed by atoms with Crippen LogP contribution in [-0.2, 0) is 4.79 Å². The molecule has 0 N–H and O–H groups in total. The van der Waals surface area contributed by atoms with Crippen LogP contribution in [-0.4, -0.2) is 24.5 Å². The lowest BCUT2D eigenvalue weighted by Crippen LogP contribution is -2.33. The van der Waals surface area contributed by atoms with Crippen molar-refractivity contribution in [3.8, 4) is 5.75 Å². The summed E-state index contributed by atoms with van der Waals surface area (Å²) in [4.78, 5) is 14.8. The van der Waals surface area contributed by atoms with Crippen molar-refractivity contribution in [3.05, 3.63) is 52.5 Å². The van der Waals surface area contributed by atoms with Crippen LogP contribution < -0.4 is 4.74 Å². The summed E-state index contributed by atoms with van der Waals surface area (Å²) < 4.78 is 18.1. The number of hydrogen-bond donors (Lipinski definition) is 0. The molecule has 0 spiro atoms. The predicted octanol–water partition coefficient (Wildman–Crippen LogP) is 3.49. The molecule has 106 valence electrons. The van der Waals surface area contributed by atoms with Crippen LogP contribution in [0.5, 0.6) is 5.75 Å². The van der Waals surface area contributed by atoms with E-state index in [1.807, 2.05) is 24.4 Å². The Balaban J connectivity index is 1.89. The summed E-state index contributed by atoms with van der Waals surface area (Å²) >= 11 is 1.62. The number of rotatable bonds is 5. The molecular weight excluding hydrogens is 277 g/mol. The SMILES string of the molecule is C[C@@H](c1cccs1)N(C)C(=O)COc1ccc(F)cc1. The van der Waals surface area contributed by atoms with E-state index in [9.17, 15) is 9.18 Å². The highest BCUT2D eigenvalue weighted by atomic mass is 32.1. The van der Waals surface area contributed by atoms with Gasteiger partial charge in [-0.15, -0.1) is 11.3 Å². The van der Waals surface area contributed by atoms with Crippen molar-refractivity contribution in [2.24, 2.45) is 0 Å². The minimum absolute atomic E-state index is 0.0133. The molecule has 1 aromatic heterocycles. The van der Waals surface area contributed by atoms with Gasteiger partial charge in [-0.05, 0) is 42.6 Å². The first-order chi connectivity index (χ1) is 9.58. The number of benzene rings is 1. The van der Waals surface area contributed by atoms with Crippen LogP contribution in [0.3, 0.4) is 0 Å². The molecule has 0 radical (unpaired) electrons. The third-order valence-electron chi connectivity index (χ3n) is 3.11. The molecule has 0 aliphatic carbocycles. The van der Waals surface area contributed by atoms with Crippen molar-refractivity contribution < 1.29 is 13.9 Å². The minimum atomic E-state index is -0.327. The Hall–Kier alpha value is -1.88. The second kappa shape index (κ2) is 6.52. The summed E-state index contributed by atoms with van der Waals surface area (Å²) in [6, 6.07) is 9.59. The predicted molar refractivity (Wildman–Crippen MR) is 77.4 cm³/mol. The summed E-state index contributed by atoms with van der Waals surface area (Å²) in [5.74, 6) is 0.0410. The van der Waals surface area contributed by atoms with Gasteiger partial charge in [0.25, 0.3) is 5.91 Å². The Kier molecular flexibility index (Phi) is 4.74. The second-order valence-corrected chi connectivity index (χ2v) is 5.42. The number of nitrogens with zero attached hydrogens (tertiary/aromatic N) is 1. The van der Waals surface area contributed by atoms with Crippen LogP contribution in [0.4, 0.5) is 4.39 Å². The van der Waals surface area contributed by atoms with Crippen LogP contribution >= 0.6 is 11.3 Å². The van der Waals surface area contributed by atoms with Crippen LogP contribution in [0, 0.1) is 5.82 Å². The van der Waals surface area contributed by atoms with Crippen LogP contribution in [0.2, 0.25) is 0 Å². The molecule has 20 heavy (non-hydrogen) atoms. The van der Waals surface area contributed by atoms with E-state index in [-0.39, 0.29) is 24.4 Å². The molecule has 0 aliphatic heterocycles. The van der Waals surface area contributed by atoms with E-state index >= 15 is 0 Å². The molecule has 0 aliphatic rings. The molecule has 1 heterocycles. The number of carbonyl (C=O) groups excluding carboxylic acids is 1. The molecule has 2 aromatic rings. The van der Waals surface area contributed by atoms with Crippen LogP contribution in [0.15, 0.2) is 41.8 Å². The molecule has 0 saturated carbocycles. The van der Waals surface area contributed by atoms with Crippen LogP contribution in [0.1, 0.15) is 17.8 Å². The summed E-state index contributed by atoms with van der Waals surface area (Å²) in [6.45, 7) is 1.92. The van der Waals surface area contributed by atoms with Crippen molar-refractivity contribution in [1.29, 1.82) is 0 Å². The number of ether oxygens (including phenoxy) is 1. The quantitative estimate of drug-likeness (QED) is 0.844. The Bertz CT molecular complexity index is 554. The van der Waals surface area contributed by atoms with Gasteiger partial charge >= 0.3 is 0 Å². The Morgan fingerprint density at radius 3 is 2.65 bits per heavy atom. The maximum Gasteiger partial charge on any atom is 0.260 e. The minimum Gasteiger partial charge on any atom is -0.484 e. The van der Waals surface area contributed by atoms with Gasteiger partial charge in [-0.3, -0.25) is 4.79 Å². The fraction of sp³-hybridized carbons (Fsp3) is 0.267. The highest BCUT2D eigenvalue weighted by Gasteiger charge is 2.18. The number of likely N-dealkylation sites (N-methyl/N-ethyl adjacent to an activating group) is 1. The van der Waals surface area contributed by atoms with Crippen molar-refractivity contribution in [2.75, 3.05) is 13.7 Å². The number of amides is 1. The molecule has 0 bridgehead atoms. The molecule has 1 aromatic carbocycles. The van der Waals surface area contributed by atoms with Crippen molar-refractivity contribution >= 4 is 17.2 Å². The summed E-state index contributed by atoms with van der Waals surface area (Å²) in [7, 11) is 1.75. The number of carbonyl (C=O) groups is 1. The first kappa shape index (κ1) is 14.5. The van der Waals surface area contributed by atoms with E-state index < -0.39 is 0 Å². The molecule has 0 fully saturated rings. The van der Waals surface area contributed by atoms with E-state index in [0.29, 0.717) is 5.75 Å². The standard InChI is InChI=1S/C15H16FNO2S/c1-11(14-4-3-9-20-14)17(2)15(18)10-19-13-7-5-12(16)6-8-13/h3-9,11H,10H2,1-2H3/t11-/m0/s1. The average molecular weight is 293 g/mol. The van der Waals surface area contributed by atoms with Gasteiger partial charge in [0, 0.05) is 11.9 Å². The molecule has 0 unspecified atom stereocenters. The Morgan fingerprint density at radius 2 is 2.05 bits per heavy atom. The number of hydrogen-bond acceptors (Lipinski definition) is 3. The maximum absolute atomic E-state index is 12.7. The van der Waals surface area contributed by atoms with Gasteiger partial charge in [-0.2, -0.15) is 0 Å². The molecular formula is C15H16FNO2S. The molecule has 5 heteroatoms. The fourth-order valence-corrected chi connectivity index (χ4v) is 2.54.